The Balaban J connectivity index is 2.14. The van der Waals surface area contributed by atoms with Crippen molar-refractivity contribution in [2.24, 2.45) is 5.73 Å². The number of amides is 2. The molecule has 1 aromatic rings. The molecule has 29 heavy (non-hydrogen) atoms. The number of carbonyl (C=O) groups is 3. The lowest BCUT2D eigenvalue weighted by Gasteiger charge is -2.29. The SMILES string of the molecule is C[C@H](O)[C@H](NC(=O)N[C@@H](CCC(=O)O)c1nnc(C2(N)CCOCC2)o1)C(=O)O. The number of aliphatic carboxylic acids is 2. The number of aliphatic hydroxyl groups is 1. The van der Waals surface area contributed by atoms with Gasteiger partial charge in [-0.15, -0.1) is 10.2 Å². The number of nitrogens with two attached hydrogens (primary N) is 1. The molecule has 1 saturated heterocycles. The summed E-state index contributed by atoms with van der Waals surface area (Å²) in [6, 6.07) is -3.50. The van der Waals surface area contributed by atoms with Crippen molar-refractivity contribution in [2.45, 2.75) is 56.3 Å². The van der Waals surface area contributed by atoms with Crippen LogP contribution in [0.1, 0.15) is 50.4 Å². The molecule has 7 N–H and O–H groups in total. The lowest BCUT2D eigenvalue weighted by Crippen LogP contribution is -2.51. The zero-order valence-corrected chi connectivity index (χ0v) is 15.8. The van der Waals surface area contributed by atoms with Gasteiger partial charge in [-0.05, 0) is 26.2 Å². The first kappa shape index (κ1) is 22.5. The number of nitrogens with zero attached hydrogens (tertiary/aromatic N) is 2. The predicted molar refractivity (Wildman–Crippen MR) is 94.6 cm³/mol. The van der Waals surface area contributed by atoms with Gasteiger partial charge in [-0.2, -0.15) is 0 Å². The summed E-state index contributed by atoms with van der Waals surface area (Å²) in [7, 11) is 0. The van der Waals surface area contributed by atoms with E-state index in [4.69, 9.17) is 25.1 Å². The first-order valence-corrected chi connectivity index (χ1v) is 9.02. The van der Waals surface area contributed by atoms with Crippen LogP contribution in [0, 0.1) is 0 Å². The fraction of sp³-hybridized carbons (Fsp3) is 0.688. The molecule has 0 unspecified atom stereocenters. The Morgan fingerprint density at radius 1 is 1.21 bits per heavy atom. The Bertz CT molecular complexity index is 731. The van der Waals surface area contributed by atoms with E-state index in [1.54, 1.807) is 0 Å². The monoisotopic (exact) mass is 415 g/mol. The highest BCUT2D eigenvalue weighted by atomic mass is 16.5. The minimum Gasteiger partial charge on any atom is -0.481 e. The molecule has 13 heteroatoms. The van der Waals surface area contributed by atoms with E-state index in [2.05, 4.69) is 20.8 Å². The number of rotatable bonds is 9. The summed E-state index contributed by atoms with van der Waals surface area (Å²) in [5.41, 5.74) is 5.40. The molecule has 2 heterocycles. The average molecular weight is 415 g/mol. The van der Waals surface area contributed by atoms with Crippen molar-refractivity contribution in [3.63, 3.8) is 0 Å². The molecule has 0 bridgehead atoms. The minimum atomic E-state index is -1.55. The van der Waals surface area contributed by atoms with Gasteiger partial charge in [0.05, 0.1) is 11.6 Å². The van der Waals surface area contributed by atoms with Crippen LogP contribution in [0.2, 0.25) is 0 Å². The van der Waals surface area contributed by atoms with Gasteiger partial charge in [0.2, 0.25) is 11.8 Å². The quantitative estimate of drug-likeness (QED) is 0.290. The summed E-state index contributed by atoms with van der Waals surface area (Å²) in [5.74, 6) is -2.45. The maximum atomic E-state index is 12.2. The van der Waals surface area contributed by atoms with E-state index in [-0.39, 0.29) is 24.6 Å². The molecule has 2 amide bonds. The number of carboxylic acids is 2. The summed E-state index contributed by atoms with van der Waals surface area (Å²) >= 11 is 0. The van der Waals surface area contributed by atoms with Crippen LogP contribution in [0.25, 0.3) is 0 Å². The number of aliphatic hydroxyl groups excluding tert-OH is 1. The van der Waals surface area contributed by atoms with Crippen LogP contribution in [0.4, 0.5) is 4.79 Å². The Morgan fingerprint density at radius 3 is 2.41 bits per heavy atom. The van der Waals surface area contributed by atoms with Crippen molar-refractivity contribution in [1.29, 1.82) is 0 Å². The van der Waals surface area contributed by atoms with Crippen molar-refractivity contribution in [3.8, 4) is 0 Å². The molecule has 3 atom stereocenters. The number of ether oxygens (including phenoxy) is 1. The summed E-state index contributed by atoms with van der Waals surface area (Å²) in [5, 5.41) is 39.8. The maximum absolute atomic E-state index is 12.2. The number of nitrogens with one attached hydrogen (secondary N) is 2. The van der Waals surface area contributed by atoms with Crippen LogP contribution >= 0.6 is 0 Å². The van der Waals surface area contributed by atoms with Gasteiger partial charge in [0.1, 0.15) is 6.04 Å². The van der Waals surface area contributed by atoms with Crippen molar-refractivity contribution < 1.29 is 38.9 Å². The van der Waals surface area contributed by atoms with E-state index >= 15 is 0 Å². The molecule has 0 spiro atoms. The van der Waals surface area contributed by atoms with E-state index in [1.165, 1.54) is 6.92 Å². The lowest BCUT2D eigenvalue weighted by atomic mass is 9.91. The van der Waals surface area contributed by atoms with Crippen LogP contribution in [0.3, 0.4) is 0 Å². The van der Waals surface area contributed by atoms with E-state index < -0.39 is 41.7 Å². The summed E-state index contributed by atoms with van der Waals surface area (Å²) in [6.07, 6.45) is -0.842. The summed E-state index contributed by atoms with van der Waals surface area (Å²) in [6.45, 7) is 2.06. The number of hydrogen-bond acceptors (Lipinski definition) is 9. The van der Waals surface area contributed by atoms with Crippen molar-refractivity contribution in [3.05, 3.63) is 11.8 Å². The first-order chi connectivity index (χ1) is 13.6. The zero-order valence-electron chi connectivity index (χ0n) is 15.8. The molecule has 1 aliphatic heterocycles. The van der Waals surface area contributed by atoms with Crippen molar-refractivity contribution in [1.82, 2.24) is 20.8 Å². The highest BCUT2D eigenvalue weighted by Crippen LogP contribution is 2.30. The molecule has 0 radical (unpaired) electrons. The molecule has 0 aromatic carbocycles. The largest absolute Gasteiger partial charge is 0.481 e. The van der Waals surface area contributed by atoms with Crippen molar-refractivity contribution in [2.75, 3.05) is 13.2 Å². The molecule has 1 aromatic heterocycles. The minimum absolute atomic E-state index is 0.0587. The predicted octanol–water partition coefficient (Wildman–Crippen LogP) is -0.927. The lowest BCUT2D eigenvalue weighted by molar-refractivity contribution is -0.141. The van der Waals surface area contributed by atoms with Gasteiger partial charge >= 0.3 is 18.0 Å². The zero-order chi connectivity index (χ0) is 21.6. The molecule has 0 aliphatic carbocycles. The first-order valence-electron chi connectivity index (χ1n) is 9.02. The van der Waals surface area contributed by atoms with E-state index in [0.717, 1.165) is 0 Å². The maximum Gasteiger partial charge on any atom is 0.328 e. The van der Waals surface area contributed by atoms with Crippen molar-refractivity contribution >= 4 is 18.0 Å². The molecule has 162 valence electrons. The highest BCUT2D eigenvalue weighted by molar-refractivity contribution is 5.83. The molecular weight excluding hydrogens is 390 g/mol. The van der Waals surface area contributed by atoms with E-state index in [1.807, 2.05) is 0 Å². The van der Waals surface area contributed by atoms with Crippen LogP contribution in [-0.2, 0) is 19.9 Å². The summed E-state index contributed by atoms with van der Waals surface area (Å²) in [4.78, 5) is 34.2. The fourth-order valence-corrected chi connectivity index (χ4v) is 2.78. The Morgan fingerprint density at radius 2 is 1.86 bits per heavy atom. The molecular formula is C16H25N5O8. The standard InChI is InChI=1S/C16H25N5O8/c1-8(22)11(13(25)26)19-15(27)18-9(2-3-10(23)24)12-20-21-14(29-12)16(17)4-6-28-7-5-16/h8-9,11,22H,2-7,17H2,1H3,(H,23,24)(H,25,26)(H2,18,19,27)/t8-,9-,11-/m0/s1. The number of urea groups is 1. The number of aromatic nitrogens is 2. The fourth-order valence-electron chi connectivity index (χ4n) is 2.78. The molecule has 0 saturated carbocycles. The highest BCUT2D eigenvalue weighted by Gasteiger charge is 2.36. The van der Waals surface area contributed by atoms with Gasteiger partial charge in [0.25, 0.3) is 0 Å². The third kappa shape index (κ3) is 6.10. The van der Waals surface area contributed by atoms with Gasteiger partial charge in [-0.25, -0.2) is 9.59 Å². The van der Waals surface area contributed by atoms with Crippen LogP contribution in [0.15, 0.2) is 4.42 Å². The molecule has 13 nitrogen and oxygen atoms in total. The third-order valence-corrected chi connectivity index (χ3v) is 4.54. The van der Waals surface area contributed by atoms with Gasteiger partial charge in [0.15, 0.2) is 6.04 Å². The number of carbonyl (C=O) groups excluding carboxylic acids is 1. The second-order valence-electron chi connectivity index (χ2n) is 6.87. The van der Waals surface area contributed by atoms with E-state index in [9.17, 15) is 19.5 Å². The Kier molecular flexibility index (Phi) is 7.47. The molecule has 1 aliphatic rings. The smallest absolute Gasteiger partial charge is 0.328 e. The van der Waals surface area contributed by atoms with Gasteiger partial charge in [0, 0.05) is 19.6 Å². The van der Waals surface area contributed by atoms with Crippen LogP contribution < -0.4 is 16.4 Å². The Hall–Kier alpha value is -2.77. The molecule has 1 fully saturated rings. The van der Waals surface area contributed by atoms with E-state index in [0.29, 0.717) is 26.1 Å². The average Bonchev–Trinajstić information content (AvgIpc) is 3.14. The normalized spacial score (nSPS) is 19.0. The number of hydrogen-bond donors (Lipinski definition) is 6. The number of carboxylic acid groups (broad SMARTS) is 2. The van der Waals surface area contributed by atoms with Gasteiger partial charge in [-0.1, -0.05) is 0 Å². The Labute approximate surface area is 165 Å². The third-order valence-electron chi connectivity index (χ3n) is 4.54. The second-order valence-corrected chi connectivity index (χ2v) is 6.87. The second kappa shape index (κ2) is 9.62. The van der Waals surface area contributed by atoms with Gasteiger partial charge < -0.3 is 40.8 Å². The topological polar surface area (TPSA) is 210 Å². The summed E-state index contributed by atoms with van der Waals surface area (Å²) < 4.78 is 10.9. The van der Waals surface area contributed by atoms with Gasteiger partial charge in [-0.3, -0.25) is 4.79 Å². The molecule has 2 rings (SSSR count). The van der Waals surface area contributed by atoms with Crippen LogP contribution in [0.5, 0.6) is 0 Å². The van der Waals surface area contributed by atoms with Crippen LogP contribution in [-0.4, -0.2) is 68.8 Å².